The molecule has 7 heteroatoms. The molecule has 1 unspecified atom stereocenters. The third-order valence-corrected chi connectivity index (χ3v) is 3.40. The Morgan fingerprint density at radius 1 is 1.47 bits per heavy atom. The Kier molecular flexibility index (Phi) is 3.78. The molecule has 0 saturated heterocycles. The largest absolute Gasteiger partial charge is 0.595 e. The molecule has 19 heavy (non-hydrogen) atoms. The number of quaternary nitrogens is 1. The lowest BCUT2D eigenvalue weighted by atomic mass is 10.2. The second-order valence-corrected chi connectivity index (χ2v) is 5.09. The molecule has 0 saturated carbocycles. The van der Waals surface area contributed by atoms with Crippen LogP contribution in [-0.4, -0.2) is 5.21 Å². The molecule has 0 fully saturated rings. The fourth-order valence-electron chi connectivity index (χ4n) is 1.61. The first-order chi connectivity index (χ1) is 9.01. The number of aryl methyl sites for hydroxylation is 1. The number of halogens is 1. The van der Waals surface area contributed by atoms with E-state index in [1.807, 2.05) is 13.0 Å². The van der Waals surface area contributed by atoms with Crippen LogP contribution in [0.15, 0.2) is 24.3 Å². The van der Waals surface area contributed by atoms with Gasteiger partial charge in [-0.05, 0) is 25.1 Å². The van der Waals surface area contributed by atoms with Gasteiger partial charge in [0.2, 0.25) is 0 Å². The standard InChI is InChI=1S/C12H10FN3O2S/c1-7-4-8(6-14)12(19-7)15-10-3-2-9(13)5-11(10)16(17)18/h2-5,15-17H,1H3. The lowest BCUT2D eigenvalue weighted by molar-refractivity contribution is -0.990. The summed E-state index contributed by atoms with van der Waals surface area (Å²) in [5.41, 5.74) is 0.519. The fraction of sp³-hybridized carbons (Fsp3) is 0.0833. The molecule has 1 atom stereocenters. The van der Waals surface area contributed by atoms with Crippen molar-refractivity contribution < 1.29 is 14.8 Å². The van der Waals surface area contributed by atoms with Crippen molar-refractivity contribution in [2.75, 3.05) is 5.32 Å². The van der Waals surface area contributed by atoms with E-state index in [0.717, 1.165) is 10.9 Å². The summed E-state index contributed by atoms with van der Waals surface area (Å²) in [4.78, 5) is 0.929. The quantitative estimate of drug-likeness (QED) is 0.752. The van der Waals surface area contributed by atoms with Crippen molar-refractivity contribution in [1.29, 1.82) is 5.26 Å². The normalized spacial score (nSPS) is 11.9. The summed E-state index contributed by atoms with van der Waals surface area (Å²) in [7, 11) is 0. The van der Waals surface area contributed by atoms with E-state index in [-0.39, 0.29) is 11.4 Å². The zero-order valence-corrected chi connectivity index (χ0v) is 10.7. The molecule has 2 aromatic rings. The fourth-order valence-corrected chi connectivity index (χ4v) is 2.49. The van der Waals surface area contributed by atoms with E-state index in [0.29, 0.717) is 10.6 Å². The Labute approximate surface area is 112 Å². The van der Waals surface area contributed by atoms with Crippen LogP contribution in [0.4, 0.5) is 20.8 Å². The molecule has 1 aromatic carbocycles. The molecule has 3 N–H and O–H groups in total. The van der Waals surface area contributed by atoms with Crippen molar-refractivity contribution in [3.8, 4) is 6.07 Å². The van der Waals surface area contributed by atoms with Crippen LogP contribution < -0.4 is 10.5 Å². The second-order valence-electron chi connectivity index (χ2n) is 3.83. The highest BCUT2D eigenvalue weighted by molar-refractivity contribution is 7.16. The molecule has 0 radical (unpaired) electrons. The van der Waals surface area contributed by atoms with E-state index in [2.05, 4.69) is 5.32 Å². The molecule has 0 aliphatic rings. The van der Waals surface area contributed by atoms with E-state index in [4.69, 9.17) is 10.5 Å². The van der Waals surface area contributed by atoms with Crippen molar-refractivity contribution in [1.82, 2.24) is 0 Å². The molecule has 2 rings (SSSR count). The first-order valence-corrected chi connectivity index (χ1v) is 6.13. The highest BCUT2D eigenvalue weighted by Gasteiger charge is 2.14. The predicted octanol–water partition coefficient (Wildman–Crippen LogP) is 2.21. The SMILES string of the molecule is Cc1cc(C#N)c(Nc2ccc(F)cc2[NH+]([O-])O)s1. The van der Waals surface area contributed by atoms with Crippen LogP contribution in [0.3, 0.4) is 0 Å². The van der Waals surface area contributed by atoms with E-state index in [1.54, 1.807) is 6.07 Å². The van der Waals surface area contributed by atoms with Gasteiger partial charge in [0.05, 0.1) is 5.56 Å². The number of hydrogen-bond acceptors (Lipinski definition) is 5. The zero-order valence-electron chi connectivity index (χ0n) is 9.90. The summed E-state index contributed by atoms with van der Waals surface area (Å²) in [6, 6.07) is 7.18. The van der Waals surface area contributed by atoms with E-state index < -0.39 is 11.0 Å². The number of hydrogen-bond donors (Lipinski definition) is 3. The average molecular weight is 279 g/mol. The van der Waals surface area contributed by atoms with Crippen LogP contribution in [0.25, 0.3) is 0 Å². The monoisotopic (exact) mass is 279 g/mol. The maximum Gasteiger partial charge on any atom is 0.190 e. The summed E-state index contributed by atoms with van der Waals surface area (Å²) in [6.45, 7) is 1.85. The summed E-state index contributed by atoms with van der Waals surface area (Å²) in [5.74, 6) is -0.620. The van der Waals surface area contributed by atoms with Gasteiger partial charge in [0, 0.05) is 10.9 Å². The van der Waals surface area contributed by atoms with Crippen LogP contribution in [-0.2, 0) is 0 Å². The molecule has 0 aliphatic heterocycles. The molecular formula is C12H10FN3O2S. The zero-order chi connectivity index (χ0) is 14.0. The number of anilines is 2. The van der Waals surface area contributed by atoms with E-state index >= 15 is 0 Å². The third-order valence-electron chi connectivity index (χ3n) is 2.44. The summed E-state index contributed by atoms with van der Waals surface area (Å²) < 4.78 is 13.1. The smallest absolute Gasteiger partial charge is 0.190 e. The van der Waals surface area contributed by atoms with Gasteiger partial charge in [0.25, 0.3) is 0 Å². The van der Waals surface area contributed by atoms with Crippen LogP contribution in [0.2, 0.25) is 0 Å². The third kappa shape index (κ3) is 2.89. The molecular weight excluding hydrogens is 269 g/mol. The molecule has 0 bridgehead atoms. The van der Waals surface area contributed by atoms with Gasteiger partial charge in [-0.25, -0.2) is 9.60 Å². The lowest BCUT2D eigenvalue weighted by Gasteiger charge is -2.16. The molecule has 5 nitrogen and oxygen atoms in total. The maximum absolute atomic E-state index is 13.1. The Hall–Kier alpha value is -1.98. The molecule has 0 aliphatic carbocycles. The van der Waals surface area contributed by atoms with Crippen molar-refractivity contribution in [2.24, 2.45) is 0 Å². The van der Waals surface area contributed by atoms with Crippen molar-refractivity contribution in [2.45, 2.75) is 6.92 Å². The Morgan fingerprint density at radius 2 is 2.21 bits per heavy atom. The summed E-state index contributed by atoms with van der Waals surface area (Å²) in [6.07, 6.45) is 0. The second kappa shape index (κ2) is 5.34. The molecule has 0 amide bonds. The van der Waals surface area contributed by atoms with Gasteiger partial charge in [-0.15, -0.1) is 11.3 Å². The average Bonchev–Trinajstić information content (AvgIpc) is 2.71. The number of nitrogens with zero attached hydrogens (tertiary/aromatic N) is 1. The van der Waals surface area contributed by atoms with Gasteiger partial charge in [-0.2, -0.15) is 10.5 Å². The number of thiophene rings is 1. The highest BCUT2D eigenvalue weighted by atomic mass is 32.1. The predicted molar refractivity (Wildman–Crippen MR) is 69.2 cm³/mol. The van der Waals surface area contributed by atoms with Crippen LogP contribution in [0, 0.1) is 29.3 Å². The lowest BCUT2D eigenvalue weighted by Crippen LogP contribution is -2.99. The number of nitriles is 1. The maximum atomic E-state index is 13.1. The molecule has 98 valence electrons. The van der Waals surface area contributed by atoms with Crippen molar-refractivity contribution in [3.63, 3.8) is 0 Å². The minimum Gasteiger partial charge on any atom is -0.595 e. The summed E-state index contributed by atoms with van der Waals surface area (Å²) >= 11 is 1.34. The van der Waals surface area contributed by atoms with Crippen molar-refractivity contribution in [3.05, 3.63) is 45.7 Å². The first kappa shape index (κ1) is 13.5. The Morgan fingerprint density at radius 3 is 2.84 bits per heavy atom. The number of benzene rings is 1. The summed E-state index contributed by atoms with van der Waals surface area (Å²) in [5, 5.41) is 31.3. The Balaban J connectivity index is 2.41. The molecule has 1 aromatic heterocycles. The molecule has 1 heterocycles. The number of rotatable bonds is 3. The van der Waals surface area contributed by atoms with Crippen LogP contribution in [0.1, 0.15) is 10.4 Å². The van der Waals surface area contributed by atoms with Crippen LogP contribution in [0.5, 0.6) is 0 Å². The highest BCUT2D eigenvalue weighted by Crippen LogP contribution is 2.32. The van der Waals surface area contributed by atoms with Gasteiger partial charge >= 0.3 is 0 Å². The first-order valence-electron chi connectivity index (χ1n) is 5.31. The van der Waals surface area contributed by atoms with Gasteiger partial charge in [0.1, 0.15) is 22.6 Å². The number of nitrogens with one attached hydrogen (secondary N) is 2. The molecule has 0 spiro atoms. The van der Waals surface area contributed by atoms with Gasteiger partial charge in [-0.1, -0.05) is 0 Å². The minimum absolute atomic E-state index is 0.171. The Bertz CT molecular complexity index is 649. The van der Waals surface area contributed by atoms with Gasteiger partial charge in [-0.3, -0.25) is 0 Å². The topological polar surface area (TPSA) is 83.5 Å². The van der Waals surface area contributed by atoms with E-state index in [9.17, 15) is 9.60 Å². The minimum atomic E-state index is -1.23. The van der Waals surface area contributed by atoms with Crippen LogP contribution >= 0.6 is 11.3 Å². The van der Waals surface area contributed by atoms with Gasteiger partial charge in [0.15, 0.2) is 5.69 Å². The van der Waals surface area contributed by atoms with Gasteiger partial charge < -0.3 is 10.5 Å². The van der Waals surface area contributed by atoms with E-state index in [1.165, 1.54) is 23.5 Å². The van der Waals surface area contributed by atoms with Crippen molar-refractivity contribution >= 4 is 27.7 Å².